The molecule has 154 valence electrons. The number of hydrogen-bond acceptors (Lipinski definition) is 8. The quantitative estimate of drug-likeness (QED) is 0.509. The van der Waals surface area contributed by atoms with Gasteiger partial charge in [0.25, 0.3) is 0 Å². The van der Waals surface area contributed by atoms with Crippen molar-refractivity contribution in [2.75, 3.05) is 19.5 Å². The van der Waals surface area contributed by atoms with Gasteiger partial charge in [-0.2, -0.15) is 5.26 Å². The standard InChI is InChI=1S/C20H21ClN2O5S/c1-4-27-20(25)16-11(2)28-19(23)12(10-22)17(16)18-13(21)6-5-7-14(18)29-9-8-15(24)26-3/h5-7,17H,4,8-9,23H2,1-3H3. The zero-order chi connectivity index (χ0) is 21.6. The Balaban J connectivity index is 2.58. The third-order valence-corrected chi connectivity index (χ3v) is 5.60. The number of carbonyl (C=O) groups is 2. The van der Waals surface area contributed by atoms with Crippen molar-refractivity contribution in [2.45, 2.75) is 31.1 Å². The molecule has 1 aliphatic heterocycles. The van der Waals surface area contributed by atoms with E-state index in [1.165, 1.54) is 18.9 Å². The zero-order valence-electron chi connectivity index (χ0n) is 16.3. The molecule has 0 aromatic heterocycles. The monoisotopic (exact) mass is 436 g/mol. The van der Waals surface area contributed by atoms with Gasteiger partial charge >= 0.3 is 11.9 Å². The van der Waals surface area contributed by atoms with Crippen LogP contribution in [0.2, 0.25) is 5.02 Å². The summed E-state index contributed by atoms with van der Waals surface area (Å²) in [5.74, 6) is -1.20. The van der Waals surface area contributed by atoms with E-state index in [0.717, 1.165) is 0 Å². The Morgan fingerprint density at radius 3 is 2.76 bits per heavy atom. The Hall–Kier alpha value is -2.63. The van der Waals surface area contributed by atoms with Crippen molar-refractivity contribution in [3.63, 3.8) is 0 Å². The molecule has 1 atom stereocenters. The molecule has 0 radical (unpaired) electrons. The van der Waals surface area contributed by atoms with E-state index in [-0.39, 0.29) is 41.8 Å². The first-order valence-corrected chi connectivity index (χ1v) is 10.1. The number of halogens is 1. The van der Waals surface area contributed by atoms with Crippen molar-refractivity contribution in [3.8, 4) is 6.07 Å². The number of rotatable bonds is 7. The molecule has 0 spiro atoms. The van der Waals surface area contributed by atoms with E-state index in [9.17, 15) is 14.9 Å². The molecule has 1 heterocycles. The van der Waals surface area contributed by atoms with E-state index in [1.807, 2.05) is 12.1 Å². The van der Waals surface area contributed by atoms with Crippen molar-refractivity contribution in [3.05, 3.63) is 51.6 Å². The Morgan fingerprint density at radius 2 is 2.14 bits per heavy atom. The Bertz CT molecular complexity index is 920. The Labute approximate surface area is 178 Å². The van der Waals surface area contributed by atoms with E-state index in [2.05, 4.69) is 4.74 Å². The molecule has 2 N–H and O–H groups in total. The molecular weight excluding hydrogens is 416 g/mol. The molecule has 9 heteroatoms. The first kappa shape index (κ1) is 22.7. The highest BCUT2D eigenvalue weighted by atomic mass is 35.5. The van der Waals surface area contributed by atoms with Gasteiger partial charge in [0.1, 0.15) is 17.4 Å². The number of carbonyl (C=O) groups excluding carboxylic acids is 2. The van der Waals surface area contributed by atoms with Gasteiger partial charge in [-0.15, -0.1) is 11.8 Å². The second-order valence-corrected chi connectivity index (χ2v) is 7.49. The fraction of sp³-hybridized carbons (Fsp3) is 0.350. The summed E-state index contributed by atoms with van der Waals surface area (Å²) >= 11 is 7.87. The second kappa shape index (κ2) is 10.2. The lowest BCUT2D eigenvalue weighted by Gasteiger charge is -2.28. The van der Waals surface area contributed by atoms with E-state index in [0.29, 0.717) is 21.2 Å². The number of thioether (sulfide) groups is 1. The summed E-state index contributed by atoms with van der Waals surface area (Å²) in [5, 5.41) is 10.1. The number of allylic oxidation sites excluding steroid dienone is 2. The molecule has 1 aromatic carbocycles. The molecule has 29 heavy (non-hydrogen) atoms. The highest BCUT2D eigenvalue weighted by molar-refractivity contribution is 7.99. The summed E-state index contributed by atoms with van der Waals surface area (Å²) in [6.07, 6.45) is 0.198. The van der Waals surface area contributed by atoms with Crippen LogP contribution in [0.1, 0.15) is 31.7 Å². The first-order valence-electron chi connectivity index (χ1n) is 8.79. The minimum atomic E-state index is -0.845. The van der Waals surface area contributed by atoms with E-state index in [1.54, 1.807) is 26.0 Å². The van der Waals surface area contributed by atoms with Crippen molar-refractivity contribution < 1.29 is 23.8 Å². The molecule has 1 aromatic rings. The summed E-state index contributed by atoms with van der Waals surface area (Å²) in [4.78, 5) is 24.8. The lowest BCUT2D eigenvalue weighted by Crippen LogP contribution is -2.26. The predicted octanol–water partition coefficient (Wildman–Crippen LogP) is 3.64. The third kappa shape index (κ3) is 5.05. The normalized spacial score (nSPS) is 16.2. The van der Waals surface area contributed by atoms with Crippen LogP contribution in [0.4, 0.5) is 0 Å². The van der Waals surface area contributed by atoms with Crippen LogP contribution in [-0.2, 0) is 23.8 Å². The van der Waals surface area contributed by atoms with Gasteiger partial charge in [0, 0.05) is 15.7 Å². The van der Waals surface area contributed by atoms with Crippen molar-refractivity contribution in [1.82, 2.24) is 0 Å². The number of nitriles is 1. The minimum absolute atomic E-state index is 0.0709. The molecule has 0 bridgehead atoms. The number of esters is 2. The first-order chi connectivity index (χ1) is 13.8. The van der Waals surface area contributed by atoms with Crippen LogP contribution in [0.5, 0.6) is 0 Å². The topological polar surface area (TPSA) is 112 Å². The van der Waals surface area contributed by atoms with Crippen LogP contribution >= 0.6 is 23.4 Å². The van der Waals surface area contributed by atoms with Crippen molar-refractivity contribution >= 4 is 35.3 Å². The fourth-order valence-electron chi connectivity index (χ4n) is 2.91. The van der Waals surface area contributed by atoms with Gasteiger partial charge in [0.05, 0.1) is 31.6 Å². The van der Waals surface area contributed by atoms with Crippen LogP contribution in [-0.4, -0.2) is 31.4 Å². The highest BCUT2D eigenvalue weighted by Crippen LogP contribution is 2.45. The third-order valence-electron chi connectivity index (χ3n) is 4.19. The van der Waals surface area contributed by atoms with Gasteiger partial charge in [-0.05, 0) is 31.5 Å². The Kier molecular flexibility index (Phi) is 8.00. The van der Waals surface area contributed by atoms with E-state index >= 15 is 0 Å². The number of methoxy groups -OCH3 is 1. The number of hydrogen-bond donors (Lipinski definition) is 1. The highest BCUT2D eigenvalue weighted by Gasteiger charge is 2.38. The van der Waals surface area contributed by atoms with Gasteiger partial charge in [-0.25, -0.2) is 4.79 Å². The van der Waals surface area contributed by atoms with Crippen LogP contribution in [0.15, 0.2) is 45.9 Å². The van der Waals surface area contributed by atoms with E-state index < -0.39 is 11.9 Å². The maximum atomic E-state index is 12.7. The minimum Gasteiger partial charge on any atom is -0.469 e. The molecule has 0 fully saturated rings. The number of nitrogens with zero attached hydrogens (tertiary/aromatic N) is 1. The molecule has 0 amide bonds. The molecule has 1 aliphatic rings. The number of benzene rings is 1. The summed E-state index contributed by atoms with van der Waals surface area (Å²) in [6.45, 7) is 3.43. The maximum Gasteiger partial charge on any atom is 0.338 e. The summed E-state index contributed by atoms with van der Waals surface area (Å²) in [6, 6.07) is 7.26. The lowest BCUT2D eigenvalue weighted by molar-refractivity contribution is -0.140. The van der Waals surface area contributed by atoms with Gasteiger partial charge in [0.2, 0.25) is 5.88 Å². The lowest BCUT2D eigenvalue weighted by atomic mass is 9.83. The SMILES string of the molecule is CCOC(=O)C1=C(C)OC(N)=C(C#N)C1c1c(Cl)cccc1SCCC(=O)OC. The summed E-state index contributed by atoms with van der Waals surface area (Å²) in [7, 11) is 1.33. The maximum absolute atomic E-state index is 12.7. The van der Waals surface area contributed by atoms with Crippen LogP contribution in [0.3, 0.4) is 0 Å². The molecular formula is C20H21ClN2O5S. The van der Waals surface area contributed by atoms with Crippen LogP contribution in [0.25, 0.3) is 0 Å². The molecule has 2 rings (SSSR count). The summed E-state index contributed by atoms with van der Waals surface area (Å²) in [5.41, 5.74) is 6.71. The van der Waals surface area contributed by atoms with Crippen LogP contribution in [0, 0.1) is 11.3 Å². The predicted molar refractivity (Wildman–Crippen MR) is 109 cm³/mol. The second-order valence-electron chi connectivity index (χ2n) is 5.94. The van der Waals surface area contributed by atoms with Gasteiger partial charge in [0.15, 0.2) is 0 Å². The molecule has 0 saturated carbocycles. The van der Waals surface area contributed by atoms with E-state index in [4.69, 9.17) is 26.8 Å². The molecule has 1 unspecified atom stereocenters. The summed E-state index contributed by atoms with van der Waals surface area (Å²) < 4.78 is 15.3. The van der Waals surface area contributed by atoms with Gasteiger partial charge in [-0.1, -0.05) is 17.7 Å². The largest absolute Gasteiger partial charge is 0.469 e. The van der Waals surface area contributed by atoms with Crippen molar-refractivity contribution in [2.24, 2.45) is 5.73 Å². The molecule has 0 saturated heterocycles. The average molecular weight is 437 g/mol. The smallest absolute Gasteiger partial charge is 0.338 e. The van der Waals surface area contributed by atoms with Gasteiger partial charge in [-0.3, -0.25) is 4.79 Å². The Morgan fingerprint density at radius 1 is 1.41 bits per heavy atom. The average Bonchev–Trinajstić information content (AvgIpc) is 2.67. The number of nitrogens with two attached hydrogens (primary N) is 1. The van der Waals surface area contributed by atoms with Gasteiger partial charge < -0.3 is 19.9 Å². The molecule has 7 nitrogen and oxygen atoms in total. The molecule has 0 aliphatic carbocycles. The zero-order valence-corrected chi connectivity index (χ0v) is 17.9. The van der Waals surface area contributed by atoms with Crippen molar-refractivity contribution in [1.29, 1.82) is 5.26 Å². The van der Waals surface area contributed by atoms with Crippen LogP contribution < -0.4 is 5.73 Å². The fourth-order valence-corrected chi connectivity index (χ4v) is 4.30. The number of ether oxygens (including phenoxy) is 3.